The zero-order valence-corrected chi connectivity index (χ0v) is 16.7. The van der Waals surface area contributed by atoms with E-state index in [0.717, 1.165) is 30.9 Å². The van der Waals surface area contributed by atoms with Gasteiger partial charge in [0, 0.05) is 5.69 Å². The number of hydrogen-bond donors (Lipinski definition) is 1. The van der Waals surface area contributed by atoms with Crippen molar-refractivity contribution in [3.63, 3.8) is 0 Å². The van der Waals surface area contributed by atoms with Crippen LogP contribution < -0.4 is 14.8 Å². The standard InChI is InChI=1S/C23H31NO3/c1-4-6-7-8-17-26-21-15-11-20(12-16-21)24-23(25)18(3)27-22-13-9-19(5-2)10-14-22/h9-16,18H,4-8,17H2,1-3H3,(H,24,25). The molecule has 0 aliphatic rings. The number of aryl methyl sites for hydroxylation is 1. The maximum absolute atomic E-state index is 12.3. The van der Waals surface area contributed by atoms with Crippen molar-refractivity contribution in [1.82, 2.24) is 0 Å². The van der Waals surface area contributed by atoms with Crippen LogP contribution >= 0.6 is 0 Å². The summed E-state index contributed by atoms with van der Waals surface area (Å²) in [7, 11) is 0. The Morgan fingerprint density at radius 3 is 2.22 bits per heavy atom. The molecule has 1 amide bonds. The van der Waals surface area contributed by atoms with Gasteiger partial charge in [-0.05, 0) is 61.7 Å². The molecule has 1 N–H and O–H groups in total. The first-order valence-corrected chi connectivity index (χ1v) is 9.91. The molecule has 0 heterocycles. The van der Waals surface area contributed by atoms with Crippen molar-refractivity contribution in [2.75, 3.05) is 11.9 Å². The third kappa shape index (κ3) is 7.33. The van der Waals surface area contributed by atoms with Gasteiger partial charge in [-0.2, -0.15) is 0 Å². The maximum Gasteiger partial charge on any atom is 0.265 e. The minimum absolute atomic E-state index is 0.178. The Bertz CT molecular complexity index is 680. The highest BCUT2D eigenvalue weighted by Gasteiger charge is 2.15. The number of nitrogens with one attached hydrogen (secondary N) is 1. The second-order valence-corrected chi connectivity index (χ2v) is 6.68. The predicted octanol–water partition coefficient (Wildman–Crippen LogP) is 5.61. The largest absolute Gasteiger partial charge is 0.494 e. The fourth-order valence-electron chi connectivity index (χ4n) is 2.66. The van der Waals surface area contributed by atoms with Gasteiger partial charge in [0.05, 0.1) is 6.61 Å². The summed E-state index contributed by atoms with van der Waals surface area (Å²) >= 11 is 0. The Morgan fingerprint density at radius 2 is 1.59 bits per heavy atom. The third-order valence-electron chi connectivity index (χ3n) is 4.40. The second-order valence-electron chi connectivity index (χ2n) is 6.68. The Morgan fingerprint density at radius 1 is 0.926 bits per heavy atom. The summed E-state index contributed by atoms with van der Waals surface area (Å²) in [4.78, 5) is 12.3. The Hall–Kier alpha value is -2.49. The molecule has 0 fully saturated rings. The number of hydrogen-bond acceptors (Lipinski definition) is 3. The van der Waals surface area contributed by atoms with E-state index < -0.39 is 6.10 Å². The third-order valence-corrected chi connectivity index (χ3v) is 4.40. The number of anilines is 1. The minimum atomic E-state index is -0.577. The summed E-state index contributed by atoms with van der Waals surface area (Å²) in [6.45, 7) is 6.78. The summed E-state index contributed by atoms with van der Waals surface area (Å²) in [6.07, 6.45) is 5.14. The van der Waals surface area contributed by atoms with Gasteiger partial charge >= 0.3 is 0 Å². The van der Waals surface area contributed by atoms with Gasteiger partial charge < -0.3 is 14.8 Å². The van der Waals surface area contributed by atoms with E-state index in [2.05, 4.69) is 19.2 Å². The van der Waals surface area contributed by atoms with Crippen LogP contribution in [0.15, 0.2) is 48.5 Å². The highest BCUT2D eigenvalue weighted by atomic mass is 16.5. The molecule has 1 unspecified atom stereocenters. The van der Waals surface area contributed by atoms with E-state index in [1.807, 2.05) is 48.5 Å². The molecule has 2 rings (SSSR count). The number of benzene rings is 2. The van der Waals surface area contributed by atoms with Crippen molar-refractivity contribution in [2.24, 2.45) is 0 Å². The molecule has 2 aromatic rings. The van der Waals surface area contributed by atoms with Crippen molar-refractivity contribution >= 4 is 11.6 Å². The first kappa shape index (κ1) is 20.8. The van der Waals surface area contributed by atoms with Gasteiger partial charge in [0.25, 0.3) is 5.91 Å². The first-order chi connectivity index (χ1) is 13.1. The van der Waals surface area contributed by atoms with Gasteiger partial charge in [0.2, 0.25) is 0 Å². The molecule has 0 aliphatic carbocycles. The molecular formula is C23H31NO3. The fraction of sp³-hybridized carbons (Fsp3) is 0.435. The molecule has 146 valence electrons. The lowest BCUT2D eigenvalue weighted by molar-refractivity contribution is -0.122. The smallest absolute Gasteiger partial charge is 0.265 e. The number of unbranched alkanes of at least 4 members (excludes halogenated alkanes) is 3. The summed E-state index contributed by atoms with van der Waals surface area (Å²) in [6, 6.07) is 15.3. The fourth-order valence-corrected chi connectivity index (χ4v) is 2.66. The number of amides is 1. The SMILES string of the molecule is CCCCCCOc1ccc(NC(=O)C(C)Oc2ccc(CC)cc2)cc1. The summed E-state index contributed by atoms with van der Waals surface area (Å²) in [5.41, 5.74) is 1.97. The van der Waals surface area contributed by atoms with Gasteiger partial charge in [-0.15, -0.1) is 0 Å². The summed E-state index contributed by atoms with van der Waals surface area (Å²) in [5, 5.41) is 2.88. The molecule has 0 aromatic heterocycles. The van der Waals surface area contributed by atoms with Crippen LogP contribution in [0, 0.1) is 0 Å². The molecule has 0 saturated heterocycles. The van der Waals surface area contributed by atoms with Crippen LogP contribution in [0.5, 0.6) is 11.5 Å². The van der Waals surface area contributed by atoms with Crippen molar-refractivity contribution in [1.29, 1.82) is 0 Å². The quantitative estimate of drug-likeness (QED) is 0.523. The van der Waals surface area contributed by atoms with Crippen molar-refractivity contribution in [3.05, 3.63) is 54.1 Å². The average Bonchev–Trinajstić information content (AvgIpc) is 2.69. The molecule has 4 nitrogen and oxygen atoms in total. The molecule has 1 atom stereocenters. The van der Waals surface area contributed by atoms with Gasteiger partial charge in [0.15, 0.2) is 6.10 Å². The number of rotatable bonds is 11. The van der Waals surface area contributed by atoms with Crippen molar-refractivity contribution in [3.8, 4) is 11.5 Å². The van der Waals surface area contributed by atoms with Crippen LogP contribution in [0.25, 0.3) is 0 Å². The highest BCUT2D eigenvalue weighted by Crippen LogP contribution is 2.18. The maximum atomic E-state index is 12.3. The van der Waals surface area contributed by atoms with E-state index in [1.54, 1.807) is 6.92 Å². The Balaban J connectivity index is 1.78. The molecule has 0 aliphatic heterocycles. The monoisotopic (exact) mass is 369 g/mol. The molecule has 0 bridgehead atoms. The van der Waals surface area contributed by atoms with Crippen LogP contribution in [0.4, 0.5) is 5.69 Å². The van der Waals surface area contributed by atoms with Crippen LogP contribution in [-0.2, 0) is 11.2 Å². The van der Waals surface area contributed by atoms with Gasteiger partial charge in [-0.3, -0.25) is 4.79 Å². The number of carbonyl (C=O) groups is 1. The number of ether oxygens (including phenoxy) is 2. The molecular weight excluding hydrogens is 338 g/mol. The van der Waals surface area contributed by atoms with Gasteiger partial charge in [0.1, 0.15) is 11.5 Å². The molecule has 0 spiro atoms. The van der Waals surface area contributed by atoms with Gasteiger partial charge in [-0.1, -0.05) is 45.2 Å². The average molecular weight is 370 g/mol. The molecule has 4 heteroatoms. The van der Waals surface area contributed by atoms with E-state index >= 15 is 0 Å². The minimum Gasteiger partial charge on any atom is -0.494 e. The zero-order chi connectivity index (χ0) is 19.5. The van der Waals surface area contributed by atoms with Gasteiger partial charge in [-0.25, -0.2) is 0 Å². The lowest BCUT2D eigenvalue weighted by Crippen LogP contribution is -2.30. The van der Waals surface area contributed by atoms with Crippen LogP contribution in [0.1, 0.15) is 52.0 Å². The summed E-state index contributed by atoms with van der Waals surface area (Å²) < 4.78 is 11.4. The van der Waals surface area contributed by atoms with E-state index in [0.29, 0.717) is 5.75 Å². The highest BCUT2D eigenvalue weighted by molar-refractivity contribution is 5.94. The van der Waals surface area contributed by atoms with Crippen LogP contribution in [0.3, 0.4) is 0 Å². The van der Waals surface area contributed by atoms with E-state index in [9.17, 15) is 4.79 Å². The second kappa shape index (κ2) is 11.3. The molecule has 27 heavy (non-hydrogen) atoms. The summed E-state index contributed by atoms with van der Waals surface area (Å²) in [5.74, 6) is 1.34. The van der Waals surface area contributed by atoms with Crippen molar-refractivity contribution < 1.29 is 14.3 Å². The lowest BCUT2D eigenvalue weighted by atomic mass is 10.2. The zero-order valence-electron chi connectivity index (χ0n) is 16.7. The Labute approximate surface area is 162 Å². The van der Waals surface area contributed by atoms with E-state index in [1.165, 1.54) is 24.8 Å². The molecule has 0 saturated carbocycles. The van der Waals surface area contributed by atoms with Crippen LogP contribution in [0.2, 0.25) is 0 Å². The van der Waals surface area contributed by atoms with Crippen LogP contribution in [-0.4, -0.2) is 18.6 Å². The van der Waals surface area contributed by atoms with E-state index in [-0.39, 0.29) is 5.91 Å². The normalized spacial score (nSPS) is 11.7. The lowest BCUT2D eigenvalue weighted by Gasteiger charge is -2.15. The topological polar surface area (TPSA) is 47.6 Å². The van der Waals surface area contributed by atoms with E-state index in [4.69, 9.17) is 9.47 Å². The first-order valence-electron chi connectivity index (χ1n) is 9.91. The Kier molecular flexibility index (Phi) is 8.69. The molecule has 0 radical (unpaired) electrons. The number of carbonyl (C=O) groups excluding carboxylic acids is 1. The van der Waals surface area contributed by atoms with Crippen molar-refractivity contribution in [2.45, 2.75) is 59.0 Å². The predicted molar refractivity (Wildman–Crippen MR) is 111 cm³/mol. The molecule has 2 aromatic carbocycles.